The van der Waals surface area contributed by atoms with E-state index < -0.39 is 0 Å². The second-order valence-electron chi connectivity index (χ2n) is 3.58. The van der Waals surface area contributed by atoms with Gasteiger partial charge in [-0.05, 0) is 36.1 Å². The number of rotatable bonds is 1. The molecular formula is C11H14BrNO. The molecule has 1 aliphatic heterocycles. The molecule has 0 fully saturated rings. The standard InChI is InChI=1S/C11H14BrNO/c1-14-11-5-4-9-3-2-6-13(12)8-10(9)7-11/h4-5,7H,2-3,6,8H2,1H3. The van der Waals surface area contributed by atoms with Gasteiger partial charge in [0.15, 0.2) is 0 Å². The van der Waals surface area contributed by atoms with E-state index >= 15 is 0 Å². The minimum atomic E-state index is 0.951. The van der Waals surface area contributed by atoms with Crippen molar-refractivity contribution in [2.24, 2.45) is 0 Å². The Balaban J connectivity index is 2.32. The Morgan fingerprint density at radius 1 is 1.36 bits per heavy atom. The second-order valence-corrected chi connectivity index (χ2v) is 4.59. The van der Waals surface area contributed by atoms with Crippen molar-refractivity contribution in [3.8, 4) is 5.75 Å². The van der Waals surface area contributed by atoms with Gasteiger partial charge in [-0.2, -0.15) is 0 Å². The van der Waals surface area contributed by atoms with Crippen LogP contribution in [0, 0.1) is 0 Å². The molecular weight excluding hydrogens is 242 g/mol. The molecule has 2 nitrogen and oxygen atoms in total. The maximum Gasteiger partial charge on any atom is 0.119 e. The molecule has 1 aromatic carbocycles. The van der Waals surface area contributed by atoms with E-state index in [0.717, 1.165) is 18.8 Å². The minimum Gasteiger partial charge on any atom is -0.497 e. The number of ether oxygens (including phenoxy) is 1. The fourth-order valence-electron chi connectivity index (χ4n) is 1.83. The lowest BCUT2D eigenvalue weighted by Crippen LogP contribution is -2.09. The van der Waals surface area contributed by atoms with Crippen molar-refractivity contribution < 1.29 is 4.74 Å². The summed E-state index contributed by atoms with van der Waals surface area (Å²) in [6.45, 7) is 2.07. The summed E-state index contributed by atoms with van der Waals surface area (Å²) in [4.78, 5) is 0. The van der Waals surface area contributed by atoms with Gasteiger partial charge >= 0.3 is 0 Å². The molecule has 0 aliphatic carbocycles. The van der Waals surface area contributed by atoms with Crippen LogP contribution in [0.3, 0.4) is 0 Å². The third-order valence-electron chi connectivity index (χ3n) is 2.60. The monoisotopic (exact) mass is 255 g/mol. The maximum atomic E-state index is 5.22. The molecule has 1 aliphatic rings. The first-order chi connectivity index (χ1) is 6.79. The molecule has 0 N–H and O–H groups in total. The smallest absolute Gasteiger partial charge is 0.119 e. The predicted molar refractivity (Wildman–Crippen MR) is 60.7 cm³/mol. The summed E-state index contributed by atoms with van der Waals surface area (Å²) >= 11 is 3.55. The van der Waals surface area contributed by atoms with Crippen molar-refractivity contribution in [3.05, 3.63) is 29.3 Å². The molecule has 0 saturated heterocycles. The lowest BCUT2D eigenvalue weighted by atomic mass is 10.0. The highest BCUT2D eigenvalue weighted by Gasteiger charge is 2.12. The zero-order valence-corrected chi connectivity index (χ0v) is 9.88. The van der Waals surface area contributed by atoms with E-state index in [1.54, 1.807) is 7.11 Å². The zero-order valence-electron chi connectivity index (χ0n) is 8.29. The molecule has 0 amide bonds. The van der Waals surface area contributed by atoms with Crippen LogP contribution < -0.4 is 4.74 Å². The highest BCUT2D eigenvalue weighted by atomic mass is 79.9. The van der Waals surface area contributed by atoms with E-state index in [0.29, 0.717) is 0 Å². The van der Waals surface area contributed by atoms with Gasteiger partial charge in [0.2, 0.25) is 0 Å². The maximum absolute atomic E-state index is 5.22. The first-order valence-electron chi connectivity index (χ1n) is 4.86. The van der Waals surface area contributed by atoms with E-state index in [2.05, 4.69) is 32.2 Å². The van der Waals surface area contributed by atoms with E-state index in [-0.39, 0.29) is 0 Å². The highest BCUT2D eigenvalue weighted by Crippen LogP contribution is 2.24. The Kier molecular flexibility index (Phi) is 3.08. The van der Waals surface area contributed by atoms with Crippen LogP contribution in [-0.2, 0) is 13.0 Å². The average molecular weight is 256 g/mol. The van der Waals surface area contributed by atoms with Gasteiger partial charge in [-0.1, -0.05) is 6.07 Å². The van der Waals surface area contributed by atoms with E-state index in [1.807, 2.05) is 6.07 Å². The molecule has 0 radical (unpaired) electrons. The average Bonchev–Trinajstić information content (AvgIpc) is 2.37. The SMILES string of the molecule is COc1ccc2c(c1)CN(Br)CCC2. The number of methoxy groups -OCH3 is 1. The second kappa shape index (κ2) is 4.32. The Morgan fingerprint density at radius 2 is 2.21 bits per heavy atom. The number of hydrogen-bond acceptors (Lipinski definition) is 2. The minimum absolute atomic E-state index is 0.951. The molecule has 0 atom stereocenters. The van der Waals surface area contributed by atoms with Crippen molar-refractivity contribution in [1.82, 2.24) is 3.93 Å². The fourth-order valence-corrected chi connectivity index (χ4v) is 2.35. The van der Waals surface area contributed by atoms with E-state index in [1.165, 1.54) is 24.0 Å². The van der Waals surface area contributed by atoms with Crippen LogP contribution in [-0.4, -0.2) is 17.6 Å². The molecule has 0 saturated carbocycles. The Morgan fingerprint density at radius 3 is 3.00 bits per heavy atom. The van der Waals surface area contributed by atoms with Crippen LogP contribution in [0.25, 0.3) is 0 Å². The van der Waals surface area contributed by atoms with Gasteiger partial charge < -0.3 is 4.74 Å². The van der Waals surface area contributed by atoms with E-state index in [4.69, 9.17) is 4.74 Å². The Labute approximate surface area is 93.2 Å². The van der Waals surface area contributed by atoms with Crippen molar-refractivity contribution in [2.75, 3.05) is 13.7 Å². The number of fused-ring (bicyclic) bond motifs is 1. The quantitative estimate of drug-likeness (QED) is 0.716. The van der Waals surface area contributed by atoms with Crippen molar-refractivity contribution in [2.45, 2.75) is 19.4 Å². The molecule has 76 valence electrons. The van der Waals surface area contributed by atoms with Gasteiger partial charge in [-0.3, -0.25) is 0 Å². The first-order valence-corrected chi connectivity index (χ1v) is 5.57. The predicted octanol–water partition coefficient (Wildman–Crippen LogP) is 2.75. The molecule has 14 heavy (non-hydrogen) atoms. The van der Waals surface area contributed by atoms with Gasteiger partial charge in [-0.15, -0.1) is 0 Å². The van der Waals surface area contributed by atoms with Crippen molar-refractivity contribution in [3.63, 3.8) is 0 Å². The number of nitrogens with zero attached hydrogens (tertiary/aromatic N) is 1. The van der Waals surface area contributed by atoms with Crippen LogP contribution in [0.5, 0.6) is 5.75 Å². The van der Waals surface area contributed by atoms with Crippen LogP contribution in [0.1, 0.15) is 17.5 Å². The summed E-state index contributed by atoms with van der Waals surface area (Å²) in [6.07, 6.45) is 2.38. The topological polar surface area (TPSA) is 12.5 Å². The molecule has 0 aromatic heterocycles. The summed E-state index contributed by atoms with van der Waals surface area (Å²) in [5.41, 5.74) is 2.83. The lowest BCUT2D eigenvalue weighted by Gasteiger charge is -2.11. The lowest BCUT2D eigenvalue weighted by molar-refractivity contribution is 0.413. The summed E-state index contributed by atoms with van der Waals surface area (Å²) in [7, 11) is 1.71. The molecule has 1 aromatic rings. The van der Waals surface area contributed by atoms with Crippen molar-refractivity contribution >= 4 is 16.1 Å². The Hall–Kier alpha value is -0.540. The van der Waals surface area contributed by atoms with Gasteiger partial charge in [0.05, 0.1) is 7.11 Å². The summed E-state index contributed by atoms with van der Waals surface area (Å²) in [6, 6.07) is 6.36. The third-order valence-corrected chi connectivity index (χ3v) is 3.21. The van der Waals surface area contributed by atoms with Crippen LogP contribution in [0.4, 0.5) is 0 Å². The molecule has 3 heteroatoms. The molecule has 0 bridgehead atoms. The fraction of sp³-hybridized carbons (Fsp3) is 0.455. The number of benzene rings is 1. The molecule has 0 unspecified atom stereocenters. The van der Waals surface area contributed by atoms with Gasteiger partial charge in [0, 0.05) is 29.2 Å². The molecule has 1 heterocycles. The normalized spacial score (nSPS) is 17.3. The van der Waals surface area contributed by atoms with E-state index in [9.17, 15) is 0 Å². The third kappa shape index (κ3) is 2.10. The number of aryl methyl sites for hydroxylation is 1. The summed E-state index contributed by atoms with van der Waals surface area (Å²) in [5.74, 6) is 0.951. The number of halogens is 1. The molecule has 0 spiro atoms. The van der Waals surface area contributed by atoms with Crippen LogP contribution >= 0.6 is 16.1 Å². The Bertz CT molecular complexity index is 327. The molecule has 2 rings (SSSR count). The first kappa shape index (κ1) is 9.99. The summed E-state index contributed by atoms with van der Waals surface area (Å²) < 4.78 is 7.40. The van der Waals surface area contributed by atoms with Gasteiger partial charge in [0.25, 0.3) is 0 Å². The van der Waals surface area contributed by atoms with Gasteiger partial charge in [-0.25, -0.2) is 3.93 Å². The zero-order chi connectivity index (χ0) is 9.97. The summed E-state index contributed by atoms with van der Waals surface area (Å²) in [5, 5.41) is 0. The van der Waals surface area contributed by atoms with Crippen LogP contribution in [0.15, 0.2) is 18.2 Å². The number of hydrogen-bond donors (Lipinski definition) is 0. The van der Waals surface area contributed by atoms with Gasteiger partial charge in [0.1, 0.15) is 5.75 Å². The van der Waals surface area contributed by atoms with Crippen molar-refractivity contribution in [1.29, 1.82) is 0 Å². The highest BCUT2D eigenvalue weighted by molar-refractivity contribution is 9.07. The van der Waals surface area contributed by atoms with Crippen LogP contribution in [0.2, 0.25) is 0 Å². The largest absolute Gasteiger partial charge is 0.497 e.